The van der Waals surface area contributed by atoms with Gasteiger partial charge in [-0.05, 0) is 57.7 Å². The van der Waals surface area contributed by atoms with Crippen molar-refractivity contribution in [1.82, 2.24) is 0 Å². The lowest BCUT2D eigenvalue weighted by Crippen LogP contribution is -2.16. The Balaban J connectivity index is 2.33. The highest BCUT2D eigenvalue weighted by Gasteiger charge is 2.38. The highest BCUT2D eigenvalue weighted by atomic mass is 32.3. The fourth-order valence-corrected chi connectivity index (χ4v) is 7.63. The Hall–Kier alpha value is -2.12. The molecule has 3 aromatic carbocycles. The molecule has 4 nitrogen and oxygen atoms in total. The normalized spacial score (nSPS) is 13.2. The van der Waals surface area contributed by atoms with Crippen molar-refractivity contribution in [3.63, 3.8) is 0 Å². The average Bonchev–Trinajstić information content (AvgIpc) is 2.73. The van der Waals surface area contributed by atoms with Crippen LogP contribution in [0.5, 0.6) is 0 Å². The van der Waals surface area contributed by atoms with Crippen molar-refractivity contribution in [3.05, 3.63) is 90.5 Å². The van der Waals surface area contributed by atoms with Crippen LogP contribution in [0.3, 0.4) is 0 Å². The first kappa shape index (κ1) is 21.6. The van der Waals surface area contributed by atoms with Gasteiger partial charge in [0.05, 0.1) is 7.11 Å². The van der Waals surface area contributed by atoms with Crippen LogP contribution in [-0.4, -0.2) is 15.5 Å². The maximum atomic E-state index is 12.5. The SMILES string of the molecule is COS(=O)(=O)OS(c1ccccc1)(c1ccccc1)c1ccc(C(C)(C)C)cc1. The first-order valence-electron chi connectivity index (χ1n) is 9.25. The molecule has 0 fully saturated rings. The summed E-state index contributed by atoms with van der Waals surface area (Å²) in [6.45, 7) is 6.42. The fraction of sp³-hybridized carbons (Fsp3) is 0.217. The number of hydrogen-bond donors (Lipinski definition) is 0. The standard InChI is InChI=1S/C23H26O4S2/c1-23(2,3)19-15-17-22(18-16-19)28(27-29(24,25)26-4,20-11-7-5-8-12-20)21-13-9-6-10-14-21/h5-18H,1-4H3. The summed E-state index contributed by atoms with van der Waals surface area (Å²) in [5, 5.41) is 0. The Bertz CT molecular complexity index is 1000. The summed E-state index contributed by atoms with van der Waals surface area (Å²) in [7, 11) is -5.69. The summed E-state index contributed by atoms with van der Waals surface area (Å²) in [5.74, 6) is 0. The summed E-state index contributed by atoms with van der Waals surface area (Å²) >= 11 is 0. The largest absolute Gasteiger partial charge is 0.409 e. The second-order valence-corrected chi connectivity index (χ2v) is 11.8. The van der Waals surface area contributed by atoms with Crippen LogP contribution in [0.2, 0.25) is 0 Å². The zero-order valence-electron chi connectivity index (χ0n) is 17.0. The predicted octanol–water partition coefficient (Wildman–Crippen LogP) is 6.09. The third kappa shape index (κ3) is 4.56. The monoisotopic (exact) mass is 430 g/mol. The van der Waals surface area contributed by atoms with Crippen LogP contribution < -0.4 is 0 Å². The van der Waals surface area contributed by atoms with Gasteiger partial charge in [0.2, 0.25) is 0 Å². The lowest BCUT2D eigenvalue weighted by atomic mass is 9.87. The molecule has 154 valence electrons. The maximum Gasteiger partial charge on any atom is 0.409 e. The van der Waals surface area contributed by atoms with E-state index in [1.54, 1.807) is 0 Å². The molecule has 0 aliphatic rings. The minimum absolute atomic E-state index is 0.0184. The third-order valence-electron chi connectivity index (χ3n) is 4.59. The summed E-state index contributed by atoms with van der Waals surface area (Å²) in [4.78, 5) is 2.33. The molecule has 6 heteroatoms. The maximum absolute atomic E-state index is 12.5. The molecule has 0 aliphatic heterocycles. The highest BCUT2D eigenvalue weighted by molar-refractivity contribution is 8.32. The second-order valence-electron chi connectivity index (χ2n) is 7.60. The molecule has 3 rings (SSSR count). The van der Waals surface area contributed by atoms with Gasteiger partial charge in [0, 0.05) is 14.7 Å². The minimum atomic E-state index is -4.22. The second kappa shape index (κ2) is 8.32. The molecule has 0 heterocycles. The summed E-state index contributed by atoms with van der Waals surface area (Å²) < 4.78 is 35.7. The Morgan fingerprint density at radius 2 is 1.07 bits per heavy atom. The van der Waals surface area contributed by atoms with Crippen molar-refractivity contribution < 1.29 is 16.2 Å². The van der Waals surface area contributed by atoms with Crippen LogP contribution in [0.25, 0.3) is 0 Å². The van der Waals surface area contributed by atoms with Gasteiger partial charge in [-0.25, -0.2) is 0 Å². The van der Waals surface area contributed by atoms with E-state index in [2.05, 4.69) is 20.8 Å². The smallest absolute Gasteiger partial charge is 0.251 e. The van der Waals surface area contributed by atoms with Crippen molar-refractivity contribution in [2.75, 3.05) is 7.11 Å². The minimum Gasteiger partial charge on any atom is -0.251 e. The molecule has 0 N–H and O–H groups in total. The Labute approximate surface area is 175 Å². The van der Waals surface area contributed by atoms with Crippen LogP contribution in [0.4, 0.5) is 0 Å². The molecule has 0 spiro atoms. The molecule has 29 heavy (non-hydrogen) atoms. The first-order chi connectivity index (χ1) is 13.7. The molecule has 0 unspecified atom stereocenters. The topological polar surface area (TPSA) is 52.6 Å². The number of rotatable bonds is 6. The molecule has 0 radical (unpaired) electrons. The van der Waals surface area contributed by atoms with Gasteiger partial charge in [-0.15, -0.1) is 0 Å². The Kier molecular flexibility index (Phi) is 6.19. The zero-order valence-corrected chi connectivity index (χ0v) is 18.7. The van der Waals surface area contributed by atoms with Crippen molar-refractivity contribution in [1.29, 1.82) is 0 Å². The van der Waals surface area contributed by atoms with Crippen LogP contribution in [0.1, 0.15) is 26.3 Å². The van der Waals surface area contributed by atoms with E-state index < -0.39 is 20.7 Å². The molecule has 0 bridgehead atoms. The van der Waals surface area contributed by atoms with E-state index in [9.17, 15) is 8.42 Å². The van der Waals surface area contributed by atoms with E-state index >= 15 is 0 Å². The van der Waals surface area contributed by atoms with Crippen LogP contribution >= 0.6 is 10.3 Å². The molecule has 0 saturated heterocycles. The van der Waals surface area contributed by atoms with Gasteiger partial charge in [0.15, 0.2) is 0 Å². The van der Waals surface area contributed by atoms with E-state index in [4.69, 9.17) is 7.81 Å². The number of benzene rings is 3. The molecule has 0 amide bonds. The van der Waals surface area contributed by atoms with E-state index in [0.717, 1.165) is 27.4 Å². The Morgan fingerprint density at radius 1 is 0.655 bits per heavy atom. The van der Waals surface area contributed by atoms with Crippen molar-refractivity contribution in [2.45, 2.75) is 40.9 Å². The van der Waals surface area contributed by atoms with E-state index in [1.165, 1.54) is 0 Å². The van der Waals surface area contributed by atoms with Crippen LogP contribution in [0, 0.1) is 0 Å². The van der Waals surface area contributed by atoms with Gasteiger partial charge in [-0.3, -0.25) is 4.18 Å². The van der Waals surface area contributed by atoms with Crippen LogP contribution in [-0.2, 0) is 23.6 Å². The fourth-order valence-electron chi connectivity index (χ4n) is 3.05. The molecule has 3 aromatic rings. The summed E-state index contributed by atoms with van der Waals surface area (Å²) in [5.41, 5.74) is 1.14. The van der Waals surface area contributed by atoms with Gasteiger partial charge in [0.1, 0.15) is 0 Å². The van der Waals surface area contributed by atoms with E-state index in [1.807, 2.05) is 84.9 Å². The molecule has 0 aliphatic carbocycles. The molecular weight excluding hydrogens is 404 g/mol. The van der Waals surface area contributed by atoms with E-state index in [0.29, 0.717) is 0 Å². The summed E-state index contributed by atoms with van der Waals surface area (Å²) in [6.07, 6.45) is 0. The zero-order chi connectivity index (χ0) is 21.1. The van der Waals surface area contributed by atoms with Gasteiger partial charge in [-0.2, -0.15) is 12.0 Å². The number of hydrogen-bond acceptors (Lipinski definition) is 4. The first-order valence-corrected chi connectivity index (χ1v) is 12.1. The van der Waals surface area contributed by atoms with Gasteiger partial charge in [0.25, 0.3) is 0 Å². The van der Waals surface area contributed by atoms with Gasteiger partial charge >= 0.3 is 10.4 Å². The van der Waals surface area contributed by atoms with Crippen molar-refractivity contribution >= 4 is 20.7 Å². The van der Waals surface area contributed by atoms with Crippen LogP contribution in [0.15, 0.2) is 99.6 Å². The predicted molar refractivity (Wildman–Crippen MR) is 117 cm³/mol. The molecule has 0 atom stereocenters. The highest BCUT2D eigenvalue weighted by Crippen LogP contribution is 2.69. The van der Waals surface area contributed by atoms with Crippen molar-refractivity contribution in [3.8, 4) is 0 Å². The Morgan fingerprint density at radius 3 is 1.45 bits per heavy atom. The lowest BCUT2D eigenvalue weighted by Gasteiger charge is -2.39. The van der Waals surface area contributed by atoms with Crippen molar-refractivity contribution in [2.24, 2.45) is 0 Å². The molecule has 0 aromatic heterocycles. The molecule has 0 saturated carbocycles. The van der Waals surface area contributed by atoms with Gasteiger partial charge in [-0.1, -0.05) is 69.3 Å². The average molecular weight is 431 g/mol. The lowest BCUT2D eigenvalue weighted by molar-refractivity contribution is 0.339. The van der Waals surface area contributed by atoms with E-state index in [-0.39, 0.29) is 5.41 Å². The molecular formula is C23H26O4S2. The van der Waals surface area contributed by atoms with Gasteiger partial charge < -0.3 is 0 Å². The quantitative estimate of drug-likeness (QED) is 0.475. The third-order valence-corrected chi connectivity index (χ3v) is 9.29. The summed E-state index contributed by atoms with van der Waals surface area (Å²) in [6, 6.07) is 26.9.